The quantitative estimate of drug-likeness (QED) is 0.727. The lowest BCUT2D eigenvalue weighted by Gasteiger charge is -2.40. The van der Waals surface area contributed by atoms with E-state index in [4.69, 9.17) is 9.39 Å². The first-order valence-corrected chi connectivity index (χ1v) is 5.91. The number of ether oxygens (including phenoxy) is 1. The minimum absolute atomic E-state index is 0.339. The van der Waals surface area contributed by atoms with Crippen LogP contribution in [0.15, 0.2) is 24.3 Å². The summed E-state index contributed by atoms with van der Waals surface area (Å²) in [6.45, 7) is 10.2. The van der Waals surface area contributed by atoms with Gasteiger partial charge in [-0.2, -0.15) is 0 Å². The molecule has 1 rings (SSSR count). The van der Waals surface area contributed by atoms with Crippen molar-refractivity contribution < 1.29 is 9.39 Å². The van der Waals surface area contributed by atoms with Crippen LogP contribution in [0.4, 0.5) is 0 Å². The van der Waals surface area contributed by atoms with E-state index in [1.54, 1.807) is 14.6 Å². The Morgan fingerprint density at radius 2 is 1.47 bits per heavy atom. The third-order valence-electron chi connectivity index (χ3n) is 3.53. The minimum atomic E-state index is -0.382. The highest BCUT2D eigenvalue weighted by atomic mass is 16.5. The normalized spacial score (nSPS) is 12.6. The second kappa shape index (κ2) is 5.24. The van der Waals surface area contributed by atoms with Crippen LogP contribution < -0.4 is 5.46 Å². The summed E-state index contributed by atoms with van der Waals surface area (Å²) in [4.78, 5) is 0. The van der Waals surface area contributed by atoms with Gasteiger partial charge in [-0.05, 0) is 34.6 Å². The summed E-state index contributed by atoms with van der Waals surface area (Å²) in [6, 6.07) is 8.24. The molecule has 1 aromatic carbocycles. The molecule has 2 nitrogen and oxygen atoms in total. The molecule has 93 valence electrons. The van der Waals surface area contributed by atoms with Gasteiger partial charge in [0.2, 0.25) is 0 Å². The smallest absolute Gasteiger partial charge is 0.330 e. The maximum Gasteiger partial charge on any atom is 0.330 e. The van der Waals surface area contributed by atoms with Gasteiger partial charge in [-0.15, -0.1) is 0 Å². The molecule has 0 aromatic heterocycles. The lowest BCUT2D eigenvalue weighted by molar-refractivity contribution is -0.114. The highest BCUT2D eigenvalue weighted by Gasteiger charge is 2.37. The number of methoxy groups -OCH3 is 1. The Hall–Kier alpha value is -0.795. The summed E-state index contributed by atoms with van der Waals surface area (Å²) in [7, 11) is 3.50. The van der Waals surface area contributed by atoms with Crippen molar-refractivity contribution in [2.45, 2.75) is 45.8 Å². The number of rotatable bonds is 5. The van der Waals surface area contributed by atoms with Gasteiger partial charge in [0.05, 0.1) is 11.2 Å². The Labute approximate surface area is 106 Å². The topological polar surface area (TPSA) is 18.5 Å². The summed E-state index contributed by atoms with van der Waals surface area (Å²) in [5.74, 6) is 0. The molecule has 0 aliphatic rings. The van der Waals surface area contributed by atoms with Gasteiger partial charge in [0, 0.05) is 7.11 Å². The molecule has 0 aliphatic heterocycles. The lowest BCUT2D eigenvalue weighted by Crippen LogP contribution is -2.50. The first-order chi connectivity index (χ1) is 7.78. The summed E-state index contributed by atoms with van der Waals surface area (Å²) < 4.78 is 11.3. The van der Waals surface area contributed by atoms with Gasteiger partial charge in [-0.3, -0.25) is 0 Å². The number of aryl methyl sites for hydroxylation is 1. The van der Waals surface area contributed by atoms with Crippen molar-refractivity contribution in [2.75, 3.05) is 7.11 Å². The SMILES string of the molecule is COC(C)(C)C(C)(C)O[B]c1ccc(C)cc1. The van der Waals surface area contributed by atoms with Crippen LogP contribution in [0.2, 0.25) is 0 Å². The van der Waals surface area contributed by atoms with Gasteiger partial charge in [0.25, 0.3) is 0 Å². The first-order valence-electron chi connectivity index (χ1n) is 5.91. The van der Waals surface area contributed by atoms with Gasteiger partial charge in [-0.25, -0.2) is 0 Å². The summed E-state index contributed by atoms with van der Waals surface area (Å²) >= 11 is 0. The van der Waals surface area contributed by atoms with E-state index in [9.17, 15) is 0 Å². The number of hydrogen-bond acceptors (Lipinski definition) is 2. The van der Waals surface area contributed by atoms with Crippen LogP contribution in [-0.2, 0) is 9.39 Å². The van der Waals surface area contributed by atoms with Gasteiger partial charge in [-0.1, -0.05) is 35.3 Å². The monoisotopic (exact) mass is 233 g/mol. The third kappa shape index (κ3) is 3.58. The molecule has 0 bridgehead atoms. The zero-order valence-corrected chi connectivity index (χ0v) is 11.7. The second-order valence-corrected chi connectivity index (χ2v) is 5.37. The summed E-state index contributed by atoms with van der Waals surface area (Å²) in [5.41, 5.74) is 1.59. The van der Waals surface area contributed by atoms with Crippen LogP contribution in [0.5, 0.6) is 0 Å². The summed E-state index contributed by atoms with van der Waals surface area (Å²) in [6.07, 6.45) is 0. The van der Waals surface area contributed by atoms with Gasteiger partial charge in [0.1, 0.15) is 0 Å². The van der Waals surface area contributed by atoms with Crippen molar-refractivity contribution in [2.24, 2.45) is 0 Å². The average Bonchev–Trinajstić information content (AvgIpc) is 2.28. The Kier molecular flexibility index (Phi) is 4.39. The predicted molar refractivity (Wildman–Crippen MR) is 72.8 cm³/mol. The molecule has 0 heterocycles. The summed E-state index contributed by atoms with van der Waals surface area (Å²) in [5, 5.41) is 0. The van der Waals surface area contributed by atoms with Crippen molar-refractivity contribution in [3.8, 4) is 0 Å². The minimum Gasteiger partial charge on any atom is -0.427 e. The molecule has 0 aliphatic carbocycles. The van der Waals surface area contributed by atoms with E-state index in [1.807, 2.05) is 39.8 Å². The van der Waals surface area contributed by atoms with Crippen molar-refractivity contribution in [3.63, 3.8) is 0 Å². The third-order valence-corrected chi connectivity index (χ3v) is 3.53. The molecule has 0 atom stereocenters. The Morgan fingerprint density at radius 1 is 0.941 bits per heavy atom. The Balaban J connectivity index is 2.64. The maximum absolute atomic E-state index is 5.86. The maximum atomic E-state index is 5.86. The largest absolute Gasteiger partial charge is 0.427 e. The fourth-order valence-corrected chi connectivity index (χ4v) is 1.25. The van der Waals surface area contributed by atoms with E-state index in [0.717, 1.165) is 5.46 Å². The zero-order chi connectivity index (χ0) is 13.1. The molecule has 3 heteroatoms. The van der Waals surface area contributed by atoms with Crippen LogP contribution in [0.25, 0.3) is 0 Å². The molecular formula is C14H22BO2. The molecule has 1 aromatic rings. The fourth-order valence-electron chi connectivity index (χ4n) is 1.25. The molecular weight excluding hydrogens is 211 g/mol. The van der Waals surface area contributed by atoms with E-state index < -0.39 is 0 Å². The van der Waals surface area contributed by atoms with Crippen LogP contribution in [-0.4, -0.2) is 25.8 Å². The van der Waals surface area contributed by atoms with E-state index in [0.29, 0.717) is 0 Å². The van der Waals surface area contributed by atoms with Crippen molar-refractivity contribution in [1.82, 2.24) is 0 Å². The fraction of sp³-hybridized carbons (Fsp3) is 0.571. The zero-order valence-electron chi connectivity index (χ0n) is 11.7. The van der Waals surface area contributed by atoms with E-state index in [-0.39, 0.29) is 11.2 Å². The molecule has 1 radical (unpaired) electrons. The average molecular weight is 233 g/mol. The van der Waals surface area contributed by atoms with Gasteiger partial charge in [0.15, 0.2) is 0 Å². The van der Waals surface area contributed by atoms with Crippen LogP contribution >= 0.6 is 0 Å². The molecule has 0 saturated carbocycles. The van der Waals surface area contributed by atoms with Gasteiger partial charge >= 0.3 is 7.48 Å². The Morgan fingerprint density at radius 3 is 1.94 bits per heavy atom. The molecule has 0 spiro atoms. The Bertz CT molecular complexity index is 355. The number of benzene rings is 1. The highest BCUT2D eigenvalue weighted by Crippen LogP contribution is 2.27. The molecule has 0 amide bonds. The van der Waals surface area contributed by atoms with E-state index in [1.165, 1.54) is 5.56 Å². The molecule has 0 fully saturated rings. The lowest BCUT2D eigenvalue weighted by atomic mass is 9.82. The van der Waals surface area contributed by atoms with Gasteiger partial charge < -0.3 is 9.39 Å². The van der Waals surface area contributed by atoms with E-state index >= 15 is 0 Å². The van der Waals surface area contributed by atoms with Crippen molar-refractivity contribution in [3.05, 3.63) is 29.8 Å². The standard InChI is InChI=1S/C14H22BO2/c1-11-7-9-12(10-8-11)15-17-14(4,5)13(2,3)16-6/h7-10H,1-6H3. The second-order valence-electron chi connectivity index (χ2n) is 5.37. The van der Waals surface area contributed by atoms with Crippen LogP contribution in [0, 0.1) is 6.92 Å². The van der Waals surface area contributed by atoms with Crippen molar-refractivity contribution >= 4 is 12.9 Å². The predicted octanol–water partition coefficient (Wildman–Crippen LogP) is 2.46. The number of hydrogen-bond donors (Lipinski definition) is 0. The highest BCUT2D eigenvalue weighted by molar-refractivity contribution is 6.47. The van der Waals surface area contributed by atoms with Crippen LogP contribution in [0.1, 0.15) is 33.3 Å². The van der Waals surface area contributed by atoms with E-state index in [2.05, 4.69) is 19.1 Å². The van der Waals surface area contributed by atoms with Crippen molar-refractivity contribution in [1.29, 1.82) is 0 Å². The molecule has 17 heavy (non-hydrogen) atoms. The molecule has 0 saturated heterocycles. The molecule has 0 N–H and O–H groups in total. The molecule has 0 unspecified atom stereocenters. The first kappa shape index (κ1) is 14.3. The van der Waals surface area contributed by atoms with Crippen LogP contribution in [0.3, 0.4) is 0 Å².